The fourth-order valence-corrected chi connectivity index (χ4v) is 2.69. The van der Waals surface area contributed by atoms with Crippen LogP contribution in [0.5, 0.6) is 0 Å². The highest BCUT2D eigenvalue weighted by atomic mass is 35.5. The third-order valence-electron chi connectivity index (χ3n) is 3.63. The number of nitrogens with one attached hydrogen (secondary N) is 2. The Labute approximate surface area is 160 Å². The average molecular weight is 397 g/mol. The van der Waals surface area contributed by atoms with Gasteiger partial charge >= 0.3 is 5.97 Å². The van der Waals surface area contributed by atoms with Crippen molar-refractivity contribution in [2.75, 3.05) is 6.61 Å². The van der Waals surface area contributed by atoms with E-state index in [1.807, 2.05) is 0 Å². The maximum absolute atomic E-state index is 12.4. The lowest BCUT2D eigenvalue weighted by molar-refractivity contribution is -0.145. The lowest BCUT2D eigenvalue weighted by Crippen LogP contribution is -2.45. The highest BCUT2D eigenvalue weighted by molar-refractivity contribution is 6.36. The van der Waals surface area contributed by atoms with Gasteiger partial charge < -0.3 is 15.0 Å². The number of H-pyrrole nitrogens is 1. The molecule has 0 saturated carbocycles. The van der Waals surface area contributed by atoms with Crippen molar-refractivity contribution in [3.8, 4) is 0 Å². The minimum absolute atomic E-state index is 0.174. The molecule has 6 nitrogen and oxygen atoms in total. The lowest BCUT2D eigenvalue weighted by atomic mass is 10.0. The van der Waals surface area contributed by atoms with E-state index >= 15 is 0 Å². The summed E-state index contributed by atoms with van der Waals surface area (Å²) in [7, 11) is 0. The van der Waals surface area contributed by atoms with Gasteiger partial charge in [-0.2, -0.15) is 0 Å². The molecule has 8 heteroatoms. The number of hydrogen-bond donors (Lipinski definition) is 2. The van der Waals surface area contributed by atoms with E-state index in [4.69, 9.17) is 27.9 Å². The van der Waals surface area contributed by atoms with Crippen molar-refractivity contribution < 1.29 is 19.1 Å². The van der Waals surface area contributed by atoms with Crippen molar-refractivity contribution in [2.24, 2.45) is 5.92 Å². The minimum Gasteiger partial charge on any atom is -0.456 e. The van der Waals surface area contributed by atoms with Crippen LogP contribution in [-0.4, -0.2) is 35.3 Å². The van der Waals surface area contributed by atoms with Gasteiger partial charge in [0.1, 0.15) is 6.04 Å². The zero-order valence-corrected chi connectivity index (χ0v) is 15.7. The Bertz CT molecular complexity index is 804. The first-order valence-electron chi connectivity index (χ1n) is 7.88. The Morgan fingerprint density at radius 1 is 1.19 bits per heavy atom. The van der Waals surface area contributed by atoms with Gasteiger partial charge in [0.05, 0.1) is 16.3 Å². The van der Waals surface area contributed by atoms with Crippen molar-refractivity contribution in [1.29, 1.82) is 0 Å². The van der Waals surface area contributed by atoms with Gasteiger partial charge in [-0.25, -0.2) is 4.79 Å². The highest BCUT2D eigenvalue weighted by Gasteiger charge is 2.27. The molecule has 138 valence electrons. The van der Waals surface area contributed by atoms with Crippen LogP contribution in [0.15, 0.2) is 36.5 Å². The quantitative estimate of drug-likeness (QED) is 0.553. The number of amides is 1. The van der Waals surface area contributed by atoms with Crippen LogP contribution < -0.4 is 5.32 Å². The number of esters is 1. The molecule has 0 unspecified atom stereocenters. The predicted octanol–water partition coefficient (Wildman–Crippen LogP) is 3.50. The van der Waals surface area contributed by atoms with E-state index in [9.17, 15) is 14.4 Å². The van der Waals surface area contributed by atoms with E-state index in [0.29, 0.717) is 10.7 Å². The van der Waals surface area contributed by atoms with Gasteiger partial charge in [0.2, 0.25) is 5.78 Å². The average Bonchev–Trinajstić information content (AvgIpc) is 3.11. The number of aromatic amines is 1. The molecule has 0 bridgehead atoms. The second kappa shape index (κ2) is 8.87. The number of Topliss-reactive ketones (excluding diaryl/α,β-unsaturated/α-hetero) is 1. The molecule has 0 fully saturated rings. The van der Waals surface area contributed by atoms with Crippen LogP contribution in [-0.2, 0) is 9.53 Å². The van der Waals surface area contributed by atoms with Crippen molar-refractivity contribution in [3.05, 3.63) is 57.8 Å². The van der Waals surface area contributed by atoms with Gasteiger partial charge in [0, 0.05) is 11.2 Å². The molecule has 0 aliphatic heterocycles. The van der Waals surface area contributed by atoms with Crippen LogP contribution in [0.25, 0.3) is 0 Å². The molecule has 1 aromatic heterocycles. The molecule has 1 aromatic carbocycles. The number of aromatic nitrogens is 1. The first-order valence-corrected chi connectivity index (χ1v) is 8.64. The fraction of sp³-hybridized carbons (Fsp3) is 0.278. The number of ether oxygens (including phenoxy) is 1. The summed E-state index contributed by atoms with van der Waals surface area (Å²) in [5.74, 6) is -1.84. The molecule has 2 rings (SSSR count). The van der Waals surface area contributed by atoms with Gasteiger partial charge in [-0.3, -0.25) is 9.59 Å². The van der Waals surface area contributed by atoms with E-state index in [1.54, 1.807) is 32.2 Å². The number of halogens is 2. The Hall–Kier alpha value is -2.31. The zero-order chi connectivity index (χ0) is 19.3. The first-order chi connectivity index (χ1) is 12.3. The van der Waals surface area contributed by atoms with Gasteiger partial charge in [0.25, 0.3) is 5.91 Å². The molecule has 1 heterocycles. The van der Waals surface area contributed by atoms with E-state index in [0.717, 1.165) is 0 Å². The number of carbonyl (C=O) groups is 3. The molecule has 0 aliphatic carbocycles. The number of hydrogen-bond acceptors (Lipinski definition) is 4. The molecule has 2 aromatic rings. The van der Waals surface area contributed by atoms with Crippen LogP contribution in [0.1, 0.15) is 34.7 Å². The molecule has 0 aliphatic rings. The van der Waals surface area contributed by atoms with Crippen molar-refractivity contribution in [3.63, 3.8) is 0 Å². The van der Waals surface area contributed by atoms with Crippen molar-refractivity contribution in [1.82, 2.24) is 10.3 Å². The molecule has 26 heavy (non-hydrogen) atoms. The fourth-order valence-electron chi connectivity index (χ4n) is 2.20. The van der Waals surface area contributed by atoms with Gasteiger partial charge in [0.15, 0.2) is 6.61 Å². The number of benzene rings is 1. The summed E-state index contributed by atoms with van der Waals surface area (Å²) < 4.78 is 5.06. The van der Waals surface area contributed by atoms with Gasteiger partial charge in [-0.15, -0.1) is 0 Å². The summed E-state index contributed by atoms with van der Waals surface area (Å²) >= 11 is 11.8. The Kier molecular flexibility index (Phi) is 6.83. The predicted molar refractivity (Wildman–Crippen MR) is 98.6 cm³/mol. The molecule has 1 amide bonds. The van der Waals surface area contributed by atoms with Crippen LogP contribution >= 0.6 is 23.2 Å². The standard InChI is InChI=1S/C18H18Cl2N2O4/c1-10(2)16(18(25)26-9-15(23)14-4-3-7-21-14)22-17(24)12-6-5-11(19)8-13(12)20/h3-8,10,16,21H,9H2,1-2H3,(H,22,24)/t16-/m0/s1. The monoisotopic (exact) mass is 396 g/mol. The van der Waals surface area contributed by atoms with Crippen molar-refractivity contribution in [2.45, 2.75) is 19.9 Å². The maximum Gasteiger partial charge on any atom is 0.329 e. The number of ketones is 1. The van der Waals surface area contributed by atoms with Crippen molar-refractivity contribution >= 4 is 40.9 Å². The normalized spacial score (nSPS) is 11.9. The molecule has 0 spiro atoms. The van der Waals surface area contributed by atoms with Gasteiger partial charge in [-0.05, 0) is 36.2 Å². The van der Waals surface area contributed by atoms with Crippen LogP contribution in [0.3, 0.4) is 0 Å². The summed E-state index contributed by atoms with van der Waals surface area (Å²) in [4.78, 5) is 39.4. The smallest absolute Gasteiger partial charge is 0.329 e. The summed E-state index contributed by atoms with van der Waals surface area (Å²) in [5.41, 5.74) is 0.535. The summed E-state index contributed by atoms with van der Waals surface area (Å²) in [5, 5.41) is 3.16. The third-order valence-corrected chi connectivity index (χ3v) is 4.17. The lowest BCUT2D eigenvalue weighted by Gasteiger charge is -2.21. The second-order valence-corrected chi connectivity index (χ2v) is 6.78. The van der Waals surface area contributed by atoms with E-state index in [1.165, 1.54) is 18.2 Å². The molecule has 0 saturated heterocycles. The maximum atomic E-state index is 12.4. The molecule has 1 atom stereocenters. The SMILES string of the molecule is CC(C)[C@H](NC(=O)c1ccc(Cl)cc1Cl)C(=O)OCC(=O)c1ccc[nH]1. The highest BCUT2D eigenvalue weighted by Crippen LogP contribution is 2.21. The Morgan fingerprint density at radius 3 is 2.50 bits per heavy atom. The molecule has 0 radical (unpaired) electrons. The summed E-state index contributed by atoms with van der Waals surface area (Å²) in [6.07, 6.45) is 1.60. The van der Waals surface area contributed by atoms with E-state index in [-0.39, 0.29) is 22.3 Å². The Morgan fingerprint density at radius 2 is 1.92 bits per heavy atom. The number of carbonyl (C=O) groups excluding carboxylic acids is 3. The molecule has 2 N–H and O–H groups in total. The second-order valence-electron chi connectivity index (χ2n) is 5.93. The van der Waals surface area contributed by atoms with Gasteiger partial charge in [-0.1, -0.05) is 37.0 Å². The third kappa shape index (κ3) is 5.09. The summed E-state index contributed by atoms with van der Waals surface area (Å²) in [6, 6.07) is 6.76. The molecular weight excluding hydrogens is 379 g/mol. The zero-order valence-electron chi connectivity index (χ0n) is 14.2. The number of rotatable bonds is 7. The van der Waals surface area contributed by atoms with Crippen LogP contribution in [0.2, 0.25) is 10.0 Å². The summed E-state index contributed by atoms with van der Waals surface area (Å²) in [6.45, 7) is 3.09. The Balaban J connectivity index is 2.02. The minimum atomic E-state index is -0.925. The van der Waals surface area contributed by atoms with Crippen LogP contribution in [0, 0.1) is 5.92 Å². The van der Waals surface area contributed by atoms with E-state index < -0.39 is 24.5 Å². The molecular formula is C18H18Cl2N2O4. The topological polar surface area (TPSA) is 88.3 Å². The largest absolute Gasteiger partial charge is 0.456 e. The first kappa shape index (κ1) is 20.0. The van der Waals surface area contributed by atoms with E-state index in [2.05, 4.69) is 10.3 Å². The van der Waals surface area contributed by atoms with Crippen LogP contribution in [0.4, 0.5) is 0 Å².